The first-order chi connectivity index (χ1) is 19.7. The molecule has 10 heteroatoms. The third-order valence-electron chi connectivity index (χ3n) is 7.28. The Balaban J connectivity index is 1.71. The van der Waals surface area contributed by atoms with Crippen LogP contribution < -0.4 is 5.56 Å². The Labute approximate surface area is 239 Å². The minimum atomic E-state index is -4.58. The van der Waals surface area contributed by atoms with Crippen LogP contribution in [-0.2, 0) is 17.4 Å². The van der Waals surface area contributed by atoms with E-state index in [-0.39, 0.29) is 25.1 Å². The fourth-order valence-corrected chi connectivity index (χ4v) is 6.65. The quantitative estimate of drug-likeness (QED) is 0.176. The molecule has 2 N–H and O–H groups in total. The smallest absolute Gasteiger partial charge is 0.416 e. The van der Waals surface area contributed by atoms with E-state index in [0.717, 1.165) is 34.9 Å². The second-order valence-corrected chi connectivity index (χ2v) is 11.2. The van der Waals surface area contributed by atoms with Gasteiger partial charge in [0.15, 0.2) is 0 Å². The maximum Gasteiger partial charge on any atom is 0.416 e. The SMILES string of the molecule is O=C(O)C1CN(CCCCCO)Sc2c(-c3cccc(C(F)(F)F)c3)c(Cc3cccc4ccccc34)cc(=O)n21. The summed E-state index contributed by atoms with van der Waals surface area (Å²) in [5, 5.41) is 21.5. The van der Waals surface area contributed by atoms with Crippen molar-refractivity contribution in [3.8, 4) is 11.1 Å². The normalized spacial score (nSPS) is 15.7. The number of alkyl halides is 3. The molecule has 1 aromatic heterocycles. The summed E-state index contributed by atoms with van der Waals surface area (Å²) in [4.78, 5) is 25.9. The molecule has 5 rings (SSSR count). The molecule has 0 saturated heterocycles. The van der Waals surface area contributed by atoms with Crippen LogP contribution >= 0.6 is 11.9 Å². The molecule has 1 atom stereocenters. The number of rotatable bonds is 9. The third kappa shape index (κ3) is 6.19. The van der Waals surface area contributed by atoms with Crippen LogP contribution in [0.1, 0.15) is 42.0 Å². The maximum absolute atomic E-state index is 13.8. The van der Waals surface area contributed by atoms with Crippen LogP contribution in [0, 0.1) is 0 Å². The zero-order chi connectivity index (χ0) is 29.1. The number of hydrogen-bond donors (Lipinski definition) is 2. The Hall–Kier alpha value is -3.60. The lowest BCUT2D eigenvalue weighted by molar-refractivity contribution is -0.141. The van der Waals surface area contributed by atoms with E-state index in [1.54, 1.807) is 6.07 Å². The molecule has 1 aliphatic heterocycles. The molecule has 0 spiro atoms. The number of fused-ring (bicyclic) bond motifs is 2. The number of aliphatic hydroxyl groups is 1. The van der Waals surface area contributed by atoms with Crippen LogP contribution in [-0.4, -0.2) is 44.8 Å². The molecule has 2 heterocycles. The Morgan fingerprint density at radius 3 is 2.46 bits per heavy atom. The molecule has 0 fully saturated rings. The van der Waals surface area contributed by atoms with E-state index in [9.17, 15) is 27.9 Å². The number of nitrogens with zero attached hydrogens (tertiary/aromatic N) is 2. The summed E-state index contributed by atoms with van der Waals surface area (Å²) >= 11 is 1.20. The van der Waals surface area contributed by atoms with Crippen molar-refractivity contribution < 1.29 is 28.2 Å². The van der Waals surface area contributed by atoms with Crippen LogP contribution in [0.3, 0.4) is 0 Å². The molecule has 41 heavy (non-hydrogen) atoms. The van der Waals surface area contributed by atoms with Crippen LogP contribution in [0.4, 0.5) is 13.2 Å². The Kier molecular flexibility index (Phi) is 8.53. The van der Waals surface area contributed by atoms with Gasteiger partial charge in [0, 0.05) is 31.3 Å². The van der Waals surface area contributed by atoms with Gasteiger partial charge < -0.3 is 10.2 Å². The largest absolute Gasteiger partial charge is 0.480 e. The van der Waals surface area contributed by atoms with Gasteiger partial charge in [0.2, 0.25) is 0 Å². The van der Waals surface area contributed by atoms with Gasteiger partial charge >= 0.3 is 12.1 Å². The second-order valence-electron chi connectivity index (χ2n) is 10.1. The number of pyridine rings is 1. The van der Waals surface area contributed by atoms with E-state index < -0.39 is 29.3 Å². The zero-order valence-electron chi connectivity index (χ0n) is 22.1. The number of carbonyl (C=O) groups is 1. The third-order valence-corrected chi connectivity index (χ3v) is 8.45. The van der Waals surface area contributed by atoms with Crippen molar-refractivity contribution in [1.29, 1.82) is 0 Å². The lowest BCUT2D eigenvalue weighted by atomic mass is 9.93. The van der Waals surface area contributed by atoms with Gasteiger partial charge in [-0.15, -0.1) is 0 Å². The number of aliphatic hydroxyl groups excluding tert-OH is 1. The Bertz CT molecular complexity index is 1630. The highest BCUT2D eigenvalue weighted by molar-refractivity contribution is 7.97. The molecule has 0 amide bonds. The Morgan fingerprint density at radius 2 is 1.71 bits per heavy atom. The van der Waals surface area contributed by atoms with E-state index in [1.165, 1.54) is 28.6 Å². The summed E-state index contributed by atoms with van der Waals surface area (Å²) < 4.78 is 44.4. The van der Waals surface area contributed by atoms with Crippen molar-refractivity contribution in [3.63, 3.8) is 0 Å². The van der Waals surface area contributed by atoms with Crippen molar-refractivity contribution >= 4 is 28.7 Å². The minimum Gasteiger partial charge on any atom is -0.480 e. The molecule has 6 nitrogen and oxygen atoms in total. The Morgan fingerprint density at radius 1 is 0.951 bits per heavy atom. The number of carboxylic acid groups (broad SMARTS) is 1. The molecule has 1 aliphatic rings. The lowest BCUT2D eigenvalue weighted by Gasteiger charge is -2.35. The summed E-state index contributed by atoms with van der Waals surface area (Å²) in [5.74, 6) is -1.19. The molecule has 4 aromatic rings. The van der Waals surface area contributed by atoms with Crippen LogP contribution in [0.5, 0.6) is 0 Å². The van der Waals surface area contributed by atoms with Gasteiger partial charge in [-0.1, -0.05) is 54.6 Å². The van der Waals surface area contributed by atoms with E-state index in [0.29, 0.717) is 35.5 Å². The zero-order valence-corrected chi connectivity index (χ0v) is 22.9. The topological polar surface area (TPSA) is 82.8 Å². The number of hydrogen-bond acceptors (Lipinski definition) is 5. The van der Waals surface area contributed by atoms with Crippen molar-refractivity contribution in [1.82, 2.24) is 8.87 Å². The van der Waals surface area contributed by atoms with Gasteiger partial charge in [-0.3, -0.25) is 9.36 Å². The fraction of sp³-hybridized carbons (Fsp3) is 0.290. The van der Waals surface area contributed by atoms with E-state index in [1.807, 2.05) is 46.8 Å². The maximum atomic E-state index is 13.8. The highest BCUT2D eigenvalue weighted by atomic mass is 32.2. The van der Waals surface area contributed by atoms with E-state index in [4.69, 9.17) is 5.11 Å². The lowest BCUT2D eigenvalue weighted by Crippen LogP contribution is -2.42. The highest BCUT2D eigenvalue weighted by Crippen LogP contribution is 2.42. The number of halogens is 3. The minimum absolute atomic E-state index is 0.0559. The number of aliphatic carboxylic acids is 1. The first-order valence-corrected chi connectivity index (χ1v) is 14.1. The average molecular weight is 583 g/mol. The standard InChI is InChI=1S/C31H29F3N2O4S/c32-31(33,34)24-12-7-11-22(17-24)28-23(16-21-10-6-9-20-8-2-3-13-25(20)21)18-27(38)36-26(30(39)40)19-35(41-29(28)36)14-4-1-5-15-37/h2-3,6-13,17-18,26,37H,1,4-5,14-16,19H2,(H,39,40). The fourth-order valence-electron chi connectivity index (χ4n) is 5.32. The van der Waals surface area contributed by atoms with Crippen LogP contribution in [0.2, 0.25) is 0 Å². The molecule has 0 bridgehead atoms. The highest BCUT2D eigenvalue weighted by Gasteiger charge is 2.36. The summed E-state index contributed by atoms with van der Waals surface area (Å²) in [7, 11) is 0. The summed E-state index contributed by atoms with van der Waals surface area (Å²) in [6.45, 7) is 0.620. The predicted octanol–water partition coefficient (Wildman–Crippen LogP) is 6.39. The van der Waals surface area contributed by atoms with E-state index in [2.05, 4.69) is 0 Å². The second kappa shape index (κ2) is 12.1. The van der Waals surface area contributed by atoms with Gasteiger partial charge in [-0.25, -0.2) is 9.10 Å². The van der Waals surface area contributed by atoms with Gasteiger partial charge in [0.25, 0.3) is 5.56 Å². The first-order valence-electron chi connectivity index (χ1n) is 13.4. The number of aromatic nitrogens is 1. The molecule has 0 saturated carbocycles. The van der Waals surface area contributed by atoms with Crippen molar-refractivity contribution in [2.45, 2.75) is 42.9 Å². The molecular formula is C31H29F3N2O4S. The van der Waals surface area contributed by atoms with E-state index >= 15 is 0 Å². The molecule has 1 unspecified atom stereocenters. The van der Waals surface area contributed by atoms with Gasteiger partial charge in [0.1, 0.15) is 11.1 Å². The summed E-state index contributed by atoms with van der Waals surface area (Å²) in [5.41, 5.74) is 0.767. The number of unbranched alkanes of at least 4 members (excludes halogenated alkanes) is 2. The monoisotopic (exact) mass is 582 g/mol. The summed E-state index contributed by atoms with van der Waals surface area (Å²) in [6, 6.07) is 18.7. The molecule has 0 radical (unpaired) electrons. The predicted molar refractivity (Wildman–Crippen MR) is 153 cm³/mol. The van der Waals surface area contributed by atoms with Crippen LogP contribution in [0.15, 0.2) is 82.6 Å². The van der Waals surface area contributed by atoms with Gasteiger partial charge in [-0.2, -0.15) is 13.2 Å². The number of benzene rings is 3. The summed E-state index contributed by atoms with van der Waals surface area (Å²) in [6.07, 6.45) is -2.27. The van der Waals surface area contributed by atoms with Crippen molar-refractivity contribution in [2.75, 3.05) is 19.7 Å². The first kappa shape index (κ1) is 28.9. The van der Waals surface area contributed by atoms with Crippen LogP contribution in [0.25, 0.3) is 21.9 Å². The van der Waals surface area contributed by atoms with Crippen molar-refractivity contribution in [2.24, 2.45) is 0 Å². The van der Waals surface area contributed by atoms with Crippen molar-refractivity contribution in [3.05, 3.63) is 99.8 Å². The van der Waals surface area contributed by atoms with Gasteiger partial charge in [-0.05, 0) is 77.2 Å². The number of carboxylic acids is 1. The molecule has 214 valence electrons. The molecular weight excluding hydrogens is 553 g/mol. The molecule has 0 aliphatic carbocycles. The molecule has 3 aromatic carbocycles. The van der Waals surface area contributed by atoms with Gasteiger partial charge in [0.05, 0.1) is 5.56 Å². The average Bonchev–Trinajstić information content (AvgIpc) is 2.95.